The van der Waals surface area contributed by atoms with Gasteiger partial charge in [-0.2, -0.15) is 0 Å². The summed E-state index contributed by atoms with van der Waals surface area (Å²) in [6.45, 7) is 3.33. The number of aryl methyl sites for hydroxylation is 1. The predicted molar refractivity (Wildman–Crippen MR) is 99.4 cm³/mol. The van der Waals surface area contributed by atoms with Crippen LogP contribution in [0.2, 0.25) is 0 Å². The number of hydrogen-bond acceptors (Lipinski definition) is 4. The van der Waals surface area contributed by atoms with Gasteiger partial charge in [0, 0.05) is 31.1 Å². The highest BCUT2D eigenvalue weighted by molar-refractivity contribution is 7.92. The maximum Gasteiger partial charge on any atom is 0.253 e. The zero-order valence-electron chi connectivity index (χ0n) is 15.0. The molecule has 0 radical (unpaired) electrons. The Kier molecular flexibility index (Phi) is 5.22. The number of carbonyl (C=O) groups excluding carboxylic acids is 2. The van der Waals surface area contributed by atoms with E-state index in [4.69, 9.17) is 5.73 Å². The summed E-state index contributed by atoms with van der Waals surface area (Å²) in [6, 6.07) is 5.17. The Balaban J connectivity index is 1.75. The normalized spacial score (nSPS) is 20.8. The Morgan fingerprint density at radius 1 is 1.12 bits per heavy atom. The quantitative estimate of drug-likeness (QED) is 0.854. The third kappa shape index (κ3) is 3.70. The Hall–Kier alpha value is -2.09. The Bertz CT molecular complexity index is 814. The van der Waals surface area contributed by atoms with Crippen molar-refractivity contribution in [1.29, 1.82) is 0 Å². The van der Waals surface area contributed by atoms with Crippen LogP contribution >= 0.6 is 0 Å². The molecule has 8 heteroatoms. The number of hydrogen-bond donors (Lipinski definition) is 1. The number of sulfonamides is 1. The number of anilines is 1. The molecule has 26 heavy (non-hydrogen) atoms. The predicted octanol–water partition coefficient (Wildman–Crippen LogP) is 1.26. The van der Waals surface area contributed by atoms with Gasteiger partial charge in [-0.1, -0.05) is 0 Å². The van der Waals surface area contributed by atoms with E-state index in [9.17, 15) is 18.0 Å². The average Bonchev–Trinajstić information content (AvgIpc) is 2.61. The fraction of sp³-hybridized carbons (Fsp3) is 0.556. The van der Waals surface area contributed by atoms with Gasteiger partial charge in [-0.3, -0.25) is 13.9 Å². The van der Waals surface area contributed by atoms with E-state index >= 15 is 0 Å². The Morgan fingerprint density at radius 3 is 2.38 bits per heavy atom. The largest absolute Gasteiger partial charge is 0.369 e. The summed E-state index contributed by atoms with van der Waals surface area (Å²) >= 11 is 0. The fourth-order valence-corrected chi connectivity index (χ4v) is 5.38. The molecule has 2 heterocycles. The van der Waals surface area contributed by atoms with Crippen LogP contribution in [-0.2, 0) is 14.8 Å². The molecule has 2 aliphatic rings. The van der Waals surface area contributed by atoms with Gasteiger partial charge in [0.25, 0.3) is 5.91 Å². The number of amides is 2. The molecule has 0 unspecified atom stereocenters. The highest BCUT2D eigenvalue weighted by Crippen LogP contribution is 2.28. The second-order valence-electron chi connectivity index (χ2n) is 7.07. The van der Waals surface area contributed by atoms with Crippen LogP contribution in [0.15, 0.2) is 18.2 Å². The molecule has 0 bridgehead atoms. The van der Waals surface area contributed by atoms with Crippen molar-refractivity contribution in [2.75, 3.05) is 29.7 Å². The lowest BCUT2D eigenvalue weighted by Crippen LogP contribution is -2.41. The number of rotatable bonds is 3. The number of benzene rings is 1. The van der Waals surface area contributed by atoms with Gasteiger partial charge in [0.15, 0.2) is 0 Å². The van der Waals surface area contributed by atoms with Crippen molar-refractivity contribution >= 4 is 27.5 Å². The van der Waals surface area contributed by atoms with E-state index < -0.39 is 10.0 Å². The molecule has 7 nitrogen and oxygen atoms in total. The number of primary amides is 1. The number of nitrogens with two attached hydrogens (primary N) is 1. The SMILES string of the molecule is Cc1cc(C(=O)N2CCC(C(N)=O)CC2)ccc1N1CCCCS1(=O)=O. The van der Waals surface area contributed by atoms with Gasteiger partial charge in [0.1, 0.15) is 0 Å². The van der Waals surface area contributed by atoms with E-state index in [0.717, 1.165) is 12.0 Å². The first kappa shape index (κ1) is 18.7. The molecule has 0 saturated carbocycles. The maximum absolute atomic E-state index is 12.7. The first-order valence-corrected chi connectivity index (χ1v) is 10.6. The summed E-state index contributed by atoms with van der Waals surface area (Å²) in [5, 5.41) is 0. The standard InChI is InChI=1S/C18H25N3O4S/c1-13-12-15(18(23)20-9-6-14(7-10-20)17(19)22)4-5-16(13)21-8-2-3-11-26(21,24)25/h4-5,12,14H,2-3,6-11H2,1H3,(H2,19,22). The molecular formula is C18H25N3O4S. The van der Waals surface area contributed by atoms with E-state index in [1.807, 2.05) is 6.92 Å². The topological polar surface area (TPSA) is 101 Å². The molecule has 0 atom stereocenters. The van der Waals surface area contributed by atoms with Crippen LogP contribution < -0.4 is 10.0 Å². The zero-order valence-corrected chi connectivity index (χ0v) is 15.8. The summed E-state index contributed by atoms with van der Waals surface area (Å²) in [7, 11) is -3.27. The number of likely N-dealkylation sites (tertiary alicyclic amines) is 1. The van der Waals surface area contributed by atoms with E-state index in [-0.39, 0.29) is 23.5 Å². The van der Waals surface area contributed by atoms with Crippen LogP contribution in [-0.4, -0.2) is 50.5 Å². The van der Waals surface area contributed by atoms with Crippen molar-refractivity contribution in [3.63, 3.8) is 0 Å². The highest BCUT2D eigenvalue weighted by Gasteiger charge is 2.29. The molecule has 0 aliphatic carbocycles. The van der Waals surface area contributed by atoms with Gasteiger partial charge in [-0.25, -0.2) is 8.42 Å². The maximum atomic E-state index is 12.7. The second kappa shape index (κ2) is 7.26. The van der Waals surface area contributed by atoms with Gasteiger partial charge in [0.2, 0.25) is 15.9 Å². The molecule has 3 rings (SSSR count). The summed E-state index contributed by atoms with van der Waals surface area (Å²) in [5.41, 5.74) is 7.29. The highest BCUT2D eigenvalue weighted by atomic mass is 32.2. The van der Waals surface area contributed by atoms with E-state index in [1.165, 1.54) is 4.31 Å². The zero-order chi connectivity index (χ0) is 18.9. The van der Waals surface area contributed by atoms with Crippen LogP contribution in [0.1, 0.15) is 41.6 Å². The third-order valence-corrected chi connectivity index (χ3v) is 7.10. The molecule has 142 valence electrons. The molecule has 2 N–H and O–H groups in total. The lowest BCUT2D eigenvalue weighted by Gasteiger charge is -2.31. The molecular weight excluding hydrogens is 354 g/mol. The molecule has 2 saturated heterocycles. The van der Waals surface area contributed by atoms with E-state index in [2.05, 4.69) is 0 Å². The molecule has 1 aromatic rings. The number of carbonyl (C=O) groups is 2. The van der Waals surface area contributed by atoms with Gasteiger partial charge in [0.05, 0.1) is 11.4 Å². The van der Waals surface area contributed by atoms with E-state index in [1.54, 1.807) is 23.1 Å². The van der Waals surface area contributed by atoms with Crippen molar-refractivity contribution in [3.05, 3.63) is 29.3 Å². The summed E-state index contributed by atoms with van der Waals surface area (Å²) < 4.78 is 26.1. The first-order valence-electron chi connectivity index (χ1n) is 8.99. The molecule has 0 spiro atoms. The van der Waals surface area contributed by atoms with E-state index in [0.29, 0.717) is 50.1 Å². The van der Waals surface area contributed by atoms with Crippen LogP contribution in [0, 0.1) is 12.8 Å². The fourth-order valence-electron chi connectivity index (χ4n) is 3.68. The van der Waals surface area contributed by atoms with Gasteiger partial charge >= 0.3 is 0 Å². The second-order valence-corrected chi connectivity index (χ2v) is 9.08. The van der Waals surface area contributed by atoms with Crippen molar-refractivity contribution in [3.8, 4) is 0 Å². The van der Waals surface area contributed by atoms with Crippen molar-refractivity contribution in [2.45, 2.75) is 32.6 Å². The van der Waals surface area contributed by atoms with Gasteiger partial charge < -0.3 is 10.6 Å². The smallest absolute Gasteiger partial charge is 0.253 e. The lowest BCUT2D eigenvalue weighted by atomic mass is 9.95. The number of piperidine rings is 1. The van der Waals surface area contributed by atoms with Crippen LogP contribution in [0.3, 0.4) is 0 Å². The monoisotopic (exact) mass is 379 g/mol. The molecule has 2 amide bonds. The Morgan fingerprint density at radius 2 is 1.81 bits per heavy atom. The third-order valence-electron chi connectivity index (χ3n) is 5.25. The van der Waals surface area contributed by atoms with Crippen LogP contribution in [0.25, 0.3) is 0 Å². The summed E-state index contributed by atoms with van der Waals surface area (Å²) in [4.78, 5) is 25.7. The minimum absolute atomic E-state index is 0.0935. The van der Waals surface area contributed by atoms with Crippen LogP contribution in [0.4, 0.5) is 5.69 Å². The lowest BCUT2D eigenvalue weighted by molar-refractivity contribution is -0.123. The minimum Gasteiger partial charge on any atom is -0.369 e. The minimum atomic E-state index is -3.27. The van der Waals surface area contributed by atoms with Gasteiger partial charge in [-0.05, 0) is 56.4 Å². The van der Waals surface area contributed by atoms with Crippen molar-refractivity contribution < 1.29 is 18.0 Å². The summed E-state index contributed by atoms with van der Waals surface area (Å²) in [5.74, 6) is -0.390. The van der Waals surface area contributed by atoms with Crippen LogP contribution in [0.5, 0.6) is 0 Å². The van der Waals surface area contributed by atoms with Crippen molar-refractivity contribution in [2.24, 2.45) is 11.7 Å². The van der Waals surface area contributed by atoms with Crippen molar-refractivity contribution in [1.82, 2.24) is 4.90 Å². The molecule has 1 aromatic carbocycles. The molecule has 2 fully saturated rings. The molecule has 2 aliphatic heterocycles. The first-order chi connectivity index (χ1) is 12.3. The molecule has 0 aromatic heterocycles. The van der Waals surface area contributed by atoms with Gasteiger partial charge in [-0.15, -0.1) is 0 Å². The number of nitrogens with zero attached hydrogens (tertiary/aromatic N) is 2. The summed E-state index contributed by atoms with van der Waals surface area (Å²) in [6.07, 6.45) is 2.71. The average molecular weight is 379 g/mol. The Labute approximate surface area is 154 Å².